The van der Waals surface area contributed by atoms with Crippen LogP contribution < -0.4 is 15.7 Å². The van der Waals surface area contributed by atoms with Crippen molar-refractivity contribution >= 4 is 24.2 Å². The maximum Gasteiger partial charge on any atom is 0.494 e. The number of piperazine rings is 1. The summed E-state index contributed by atoms with van der Waals surface area (Å²) in [6.45, 7) is 10.1. The van der Waals surface area contributed by atoms with E-state index in [4.69, 9.17) is 9.31 Å². The van der Waals surface area contributed by atoms with Crippen molar-refractivity contribution in [1.82, 2.24) is 5.32 Å². The highest BCUT2D eigenvalue weighted by Gasteiger charge is 2.51. The van der Waals surface area contributed by atoms with Gasteiger partial charge >= 0.3 is 7.12 Å². The number of carbonyl (C=O) groups excluding carboxylic acids is 1. The van der Waals surface area contributed by atoms with E-state index in [9.17, 15) is 4.79 Å². The summed E-state index contributed by atoms with van der Waals surface area (Å²) in [7, 11) is -0.344. The van der Waals surface area contributed by atoms with E-state index in [0.29, 0.717) is 13.1 Å². The SMILES string of the molecule is CC1(C)OB(c2ccc(N3CCNC(=O)C3)cc2)OC1(C)C. The number of carbonyl (C=O) groups is 1. The van der Waals surface area contributed by atoms with Crippen LogP contribution in [0.1, 0.15) is 27.7 Å². The van der Waals surface area contributed by atoms with Crippen LogP contribution in [0.25, 0.3) is 0 Å². The zero-order valence-electron chi connectivity index (χ0n) is 13.7. The molecule has 2 saturated heterocycles. The minimum absolute atomic E-state index is 0.0706. The summed E-state index contributed by atoms with van der Waals surface area (Å²) >= 11 is 0. The third-order valence-electron chi connectivity index (χ3n) is 4.82. The highest BCUT2D eigenvalue weighted by atomic mass is 16.7. The summed E-state index contributed by atoms with van der Waals surface area (Å²) < 4.78 is 12.1. The number of hydrogen-bond donors (Lipinski definition) is 1. The highest BCUT2D eigenvalue weighted by Crippen LogP contribution is 2.36. The van der Waals surface area contributed by atoms with Crippen LogP contribution in [0.5, 0.6) is 0 Å². The monoisotopic (exact) mass is 302 g/mol. The molecule has 1 aromatic carbocycles. The third-order valence-corrected chi connectivity index (χ3v) is 4.82. The van der Waals surface area contributed by atoms with Gasteiger partial charge in [-0.3, -0.25) is 4.79 Å². The van der Waals surface area contributed by atoms with Crippen molar-refractivity contribution in [3.63, 3.8) is 0 Å². The molecule has 0 radical (unpaired) electrons. The van der Waals surface area contributed by atoms with Crippen molar-refractivity contribution < 1.29 is 14.1 Å². The van der Waals surface area contributed by atoms with Crippen molar-refractivity contribution in [3.05, 3.63) is 24.3 Å². The molecule has 0 spiro atoms. The van der Waals surface area contributed by atoms with Gasteiger partial charge in [-0.1, -0.05) is 12.1 Å². The van der Waals surface area contributed by atoms with Crippen LogP contribution in [-0.4, -0.2) is 43.9 Å². The Hall–Kier alpha value is -1.53. The summed E-state index contributed by atoms with van der Waals surface area (Å²) in [6.07, 6.45) is 0. The van der Waals surface area contributed by atoms with Gasteiger partial charge in [-0.05, 0) is 45.3 Å². The maximum atomic E-state index is 11.5. The molecular formula is C16H23BN2O3. The predicted molar refractivity (Wildman–Crippen MR) is 87.4 cm³/mol. The van der Waals surface area contributed by atoms with E-state index in [1.165, 1.54) is 0 Å². The molecule has 0 atom stereocenters. The van der Waals surface area contributed by atoms with Gasteiger partial charge in [0.25, 0.3) is 0 Å². The number of amides is 1. The molecule has 0 aromatic heterocycles. The number of nitrogens with zero attached hydrogens (tertiary/aromatic N) is 1. The third kappa shape index (κ3) is 2.73. The quantitative estimate of drug-likeness (QED) is 0.826. The topological polar surface area (TPSA) is 50.8 Å². The number of nitrogens with one attached hydrogen (secondary N) is 1. The number of anilines is 1. The standard InChI is InChI=1S/C16H23BN2O3/c1-15(2)16(3,4)22-17(21-15)12-5-7-13(8-6-12)19-10-9-18-14(20)11-19/h5-8H,9-11H2,1-4H3,(H,18,20). The van der Waals surface area contributed by atoms with Crippen molar-refractivity contribution in [2.24, 2.45) is 0 Å². The van der Waals surface area contributed by atoms with E-state index < -0.39 is 0 Å². The largest absolute Gasteiger partial charge is 0.494 e. The van der Waals surface area contributed by atoms with Crippen LogP contribution in [0.3, 0.4) is 0 Å². The molecule has 22 heavy (non-hydrogen) atoms. The fraction of sp³-hybridized carbons (Fsp3) is 0.562. The summed E-state index contributed by atoms with van der Waals surface area (Å²) in [4.78, 5) is 13.5. The lowest BCUT2D eigenvalue weighted by Gasteiger charge is -2.32. The molecule has 0 bridgehead atoms. The second-order valence-electron chi connectivity index (χ2n) is 6.95. The van der Waals surface area contributed by atoms with Gasteiger partial charge in [0.2, 0.25) is 5.91 Å². The van der Waals surface area contributed by atoms with Gasteiger partial charge in [0.15, 0.2) is 0 Å². The molecule has 118 valence electrons. The first-order valence-corrected chi connectivity index (χ1v) is 7.76. The minimum atomic E-state index is -0.344. The second kappa shape index (κ2) is 5.28. The first-order valence-electron chi connectivity index (χ1n) is 7.76. The van der Waals surface area contributed by atoms with Gasteiger partial charge in [0.05, 0.1) is 17.7 Å². The van der Waals surface area contributed by atoms with Crippen molar-refractivity contribution in [2.75, 3.05) is 24.5 Å². The van der Waals surface area contributed by atoms with E-state index in [2.05, 4.69) is 10.2 Å². The predicted octanol–water partition coefficient (Wildman–Crippen LogP) is 0.922. The average Bonchev–Trinajstić information content (AvgIpc) is 2.68. The molecule has 1 amide bonds. The fourth-order valence-electron chi connectivity index (χ4n) is 2.68. The molecule has 2 fully saturated rings. The van der Waals surface area contributed by atoms with Gasteiger partial charge < -0.3 is 19.5 Å². The van der Waals surface area contributed by atoms with Crippen molar-refractivity contribution in [3.8, 4) is 0 Å². The maximum absolute atomic E-state index is 11.5. The number of benzene rings is 1. The van der Waals surface area contributed by atoms with E-state index in [-0.39, 0.29) is 24.2 Å². The summed E-state index contributed by atoms with van der Waals surface area (Å²) in [5.74, 6) is 0.0706. The van der Waals surface area contributed by atoms with Crippen LogP contribution in [0.2, 0.25) is 0 Å². The number of rotatable bonds is 2. The molecule has 5 nitrogen and oxygen atoms in total. The lowest BCUT2D eigenvalue weighted by Crippen LogP contribution is -2.47. The van der Waals surface area contributed by atoms with E-state index in [1.807, 2.05) is 52.0 Å². The van der Waals surface area contributed by atoms with Gasteiger partial charge in [0.1, 0.15) is 0 Å². The highest BCUT2D eigenvalue weighted by molar-refractivity contribution is 6.62. The van der Waals surface area contributed by atoms with Crippen LogP contribution in [0, 0.1) is 0 Å². The molecule has 1 N–H and O–H groups in total. The molecule has 2 heterocycles. The molecule has 2 aliphatic rings. The Kier molecular flexibility index (Phi) is 3.69. The first kappa shape index (κ1) is 15.4. The molecular weight excluding hydrogens is 279 g/mol. The molecule has 2 aliphatic heterocycles. The molecule has 6 heteroatoms. The van der Waals surface area contributed by atoms with E-state index >= 15 is 0 Å². The fourth-order valence-corrected chi connectivity index (χ4v) is 2.68. The summed E-state index contributed by atoms with van der Waals surface area (Å²) in [5, 5.41) is 2.84. The van der Waals surface area contributed by atoms with Crippen LogP contribution in [0.15, 0.2) is 24.3 Å². The van der Waals surface area contributed by atoms with Gasteiger partial charge in [-0.2, -0.15) is 0 Å². The van der Waals surface area contributed by atoms with E-state index in [1.54, 1.807) is 0 Å². The Morgan fingerprint density at radius 2 is 1.68 bits per heavy atom. The smallest absolute Gasteiger partial charge is 0.399 e. The molecule has 0 aliphatic carbocycles. The number of hydrogen-bond acceptors (Lipinski definition) is 4. The van der Waals surface area contributed by atoms with Crippen LogP contribution in [-0.2, 0) is 14.1 Å². The summed E-state index contributed by atoms with van der Waals surface area (Å²) in [5.41, 5.74) is 1.39. The summed E-state index contributed by atoms with van der Waals surface area (Å²) in [6, 6.07) is 8.09. The molecule has 0 saturated carbocycles. The Balaban J connectivity index is 1.74. The lowest BCUT2D eigenvalue weighted by atomic mass is 9.79. The Labute approximate surface area is 132 Å². The molecule has 3 rings (SSSR count). The normalized spacial score (nSPS) is 23.5. The lowest BCUT2D eigenvalue weighted by molar-refractivity contribution is -0.120. The van der Waals surface area contributed by atoms with Gasteiger partial charge in [-0.15, -0.1) is 0 Å². The van der Waals surface area contributed by atoms with Crippen molar-refractivity contribution in [1.29, 1.82) is 0 Å². The minimum Gasteiger partial charge on any atom is -0.399 e. The zero-order chi connectivity index (χ0) is 16.0. The molecule has 1 aromatic rings. The van der Waals surface area contributed by atoms with Gasteiger partial charge in [0, 0.05) is 18.8 Å². The average molecular weight is 302 g/mol. The first-order chi connectivity index (χ1) is 10.3. The Morgan fingerprint density at radius 3 is 2.23 bits per heavy atom. The van der Waals surface area contributed by atoms with Crippen molar-refractivity contribution in [2.45, 2.75) is 38.9 Å². The van der Waals surface area contributed by atoms with E-state index in [0.717, 1.165) is 17.7 Å². The second-order valence-corrected chi connectivity index (χ2v) is 6.95. The van der Waals surface area contributed by atoms with Gasteiger partial charge in [-0.25, -0.2) is 0 Å². The molecule has 0 unspecified atom stereocenters. The zero-order valence-corrected chi connectivity index (χ0v) is 13.7. The van der Waals surface area contributed by atoms with Crippen LogP contribution >= 0.6 is 0 Å². The Morgan fingerprint density at radius 1 is 1.09 bits per heavy atom. The Bertz CT molecular complexity index is 555. The van der Waals surface area contributed by atoms with Crippen LogP contribution in [0.4, 0.5) is 5.69 Å².